The lowest BCUT2D eigenvalue weighted by atomic mass is 10.4. The van der Waals surface area contributed by atoms with E-state index in [4.69, 9.17) is 5.73 Å². The second-order valence-corrected chi connectivity index (χ2v) is 4.06. The second-order valence-electron chi connectivity index (χ2n) is 4.06. The molecule has 9 heteroatoms. The molecule has 0 saturated heterocycles. The number of hydrogen-bond acceptors (Lipinski definition) is 7. The van der Waals surface area contributed by atoms with Gasteiger partial charge in [-0.15, -0.1) is 10.2 Å². The molecule has 0 radical (unpaired) electrons. The fraction of sp³-hybridized carbons (Fsp3) is 0.182. The maximum absolute atomic E-state index is 11.5. The summed E-state index contributed by atoms with van der Waals surface area (Å²) in [6.45, 7) is 1.82. The van der Waals surface area contributed by atoms with Crippen molar-refractivity contribution in [3.05, 3.63) is 30.1 Å². The van der Waals surface area contributed by atoms with Crippen molar-refractivity contribution in [1.29, 1.82) is 0 Å². The number of nitrogen functional groups attached to an aromatic ring is 1. The number of aromatic nitrogens is 6. The molecule has 0 bridgehead atoms. The highest BCUT2D eigenvalue weighted by Crippen LogP contribution is 2.16. The van der Waals surface area contributed by atoms with E-state index in [0.717, 1.165) is 5.82 Å². The first-order valence-electron chi connectivity index (χ1n) is 5.72. The minimum atomic E-state index is -0.606. The van der Waals surface area contributed by atoms with Crippen LogP contribution in [0.3, 0.4) is 0 Å². The van der Waals surface area contributed by atoms with Crippen LogP contribution in [0, 0.1) is 6.92 Å². The third kappa shape index (κ3) is 1.67. The van der Waals surface area contributed by atoms with E-state index in [2.05, 4.69) is 25.0 Å². The maximum atomic E-state index is 11.5. The molecule has 3 heterocycles. The number of carbonyl (C=O) groups is 1. The van der Waals surface area contributed by atoms with Crippen molar-refractivity contribution < 1.29 is 9.53 Å². The Morgan fingerprint density at radius 3 is 2.95 bits per heavy atom. The lowest BCUT2D eigenvalue weighted by Gasteiger charge is -2.01. The normalized spacial score (nSPS) is 10.9. The van der Waals surface area contributed by atoms with Gasteiger partial charge in [0.05, 0.1) is 19.0 Å². The zero-order valence-electron chi connectivity index (χ0n) is 10.8. The van der Waals surface area contributed by atoms with Gasteiger partial charge in [0.25, 0.3) is 0 Å². The van der Waals surface area contributed by atoms with Crippen LogP contribution in [0.1, 0.15) is 16.3 Å². The Balaban J connectivity index is 2.19. The number of methoxy groups -OCH3 is 1. The van der Waals surface area contributed by atoms with Crippen molar-refractivity contribution in [3.8, 4) is 5.82 Å². The van der Waals surface area contributed by atoms with Crippen LogP contribution >= 0.6 is 0 Å². The zero-order chi connectivity index (χ0) is 14.3. The molecule has 0 unspecified atom stereocenters. The molecule has 2 N–H and O–H groups in total. The predicted molar refractivity (Wildman–Crippen MR) is 68.4 cm³/mol. The van der Waals surface area contributed by atoms with E-state index in [1.54, 1.807) is 16.8 Å². The minimum absolute atomic E-state index is 0.0348. The van der Waals surface area contributed by atoms with Crippen molar-refractivity contribution in [1.82, 2.24) is 29.4 Å². The van der Waals surface area contributed by atoms with Gasteiger partial charge in [-0.2, -0.15) is 5.10 Å². The predicted octanol–water partition coefficient (Wildman–Crippen LogP) is -0.0128. The Morgan fingerprint density at radius 2 is 2.20 bits per heavy atom. The van der Waals surface area contributed by atoms with Gasteiger partial charge < -0.3 is 10.5 Å². The van der Waals surface area contributed by atoms with Gasteiger partial charge in [0.15, 0.2) is 11.5 Å². The Morgan fingerprint density at radius 1 is 1.40 bits per heavy atom. The van der Waals surface area contributed by atoms with Crippen LogP contribution in [0.4, 0.5) is 5.69 Å². The van der Waals surface area contributed by atoms with Gasteiger partial charge in [0.2, 0.25) is 5.65 Å². The van der Waals surface area contributed by atoms with Crippen molar-refractivity contribution in [2.75, 3.05) is 12.8 Å². The van der Waals surface area contributed by atoms with E-state index < -0.39 is 5.97 Å². The summed E-state index contributed by atoms with van der Waals surface area (Å²) in [5.41, 5.74) is 6.51. The first-order chi connectivity index (χ1) is 9.61. The molecule has 0 spiro atoms. The van der Waals surface area contributed by atoms with Crippen LogP contribution < -0.4 is 5.73 Å². The fourth-order valence-electron chi connectivity index (χ4n) is 1.84. The number of aryl methyl sites for hydroxylation is 1. The summed E-state index contributed by atoms with van der Waals surface area (Å²) in [6.07, 6.45) is 4.81. The first-order valence-corrected chi connectivity index (χ1v) is 5.72. The molecule has 9 nitrogen and oxygen atoms in total. The highest BCUT2D eigenvalue weighted by Gasteiger charge is 2.18. The smallest absolute Gasteiger partial charge is 0.360 e. The Labute approximate surface area is 113 Å². The molecular weight excluding hydrogens is 262 g/mol. The number of esters is 1. The number of rotatable bonds is 2. The Bertz CT molecular complexity index is 804. The summed E-state index contributed by atoms with van der Waals surface area (Å²) < 4.78 is 7.75. The zero-order valence-corrected chi connectivity index (χ0v) is 10.8. The summed E-state index contributed by atoms with van der Waals surface area (Å²) in [7, 11) is 1.27. The lowest BCUT2D eigenvalue weighted by molar-refractivity contribution is 0.0594. The SMILES string of the molecule is COC(=O)c1nn(-c2nccn3c(C)nnc23)cc1N. The van der Waals surface area contributed by atoms with Gasteiger partial charge in [0, 0.05) is 12.4 Å². The average Bonchev–Trinajstić information content (AvgIpc) is 3.02. The van der Waals surface area contributed by atoms with Gasteiger partial charge in [-0.1, -0.05) is 0 Å². The molecule has 0 aliphatic rings. The first kappa shape index (κ1) is 12.1. The molecule has 20 heavy (non-hydrogen) atoms. The maximum Gasteiger partial charge on any atom is 0.360 e. The van der Waals surface area contributed by atoms with E-state index in [0.29, 0.717) is 11.5 Å². The van der Waals surface area contributed by atoms with Crippen molar-refractivity contribution >= 4 is 17.3 Å². The molecule has 0 aliphatic carbocycles. The van der Waals surface area contributed by atoms with Gasteiger partial charge in [-0.05, 0) is 6.92 Å². The molecule has 0 amide bonds. The molecule has 0 saturated carbocycles. The quantitative estimate of drug-likeness (QED) is 0.653. The number of nitrogens with zero attached hydrogens (tertiary/aromatic N) is 6. The van der Waals surface area contributed by atoms with Crippen LogP contribution in [0.25, 0.3) is 11.5 Å². The molecule has 102 valence electrons. The van der Waals surface area contributed by atoms with Crippen LogP contribution in [0.2, 0.25) is 0 Å². The summed E-state index contributed by atoms with van der Waals surface area (Å²) in [5.74, 6) is 0.540. The number of fused-ring (bicyclic) bond motifs is 1. The minimum Gasteiger partial charge on any atom is -0.464 e. The number of carbonyl (C=O) groups excluding carboxylic acids is 1. The van der Waals surface area contributed by atoms with Crippen LogP contribution in [0.5, 0.6) is 0 Å². The van der Waals surface area contributed by atoms with Gasteiger partial charge in [-0.25, -0.2) is 14.5 Å². The number of nitrogens with two attached hydrogens (primary N) is 1. The molecule has 3 aromatic rings. The molecule has 0 atom stereocenters. The Kier molecular flexibility index (Phi) is 2.60. The number of anilines is 1. The van der Waals surface area contributed by atoms with E-state index in [9.17, 15) is 4.79 Å². The van der Waals surface area contributed by atoms with E-state index in [-0.39, 0.29) is 11.4 Å². The van der Waals surface area contributed by atoms with Gasteiger partial charge in [0.1, 0.15) is 5.82 Å². The monoisotopic (exact) mass is 273 g/mol. The number of hydrogen-bond donors (Lipinski definition) is 1. The van der Waals surface area contributed by atoms with E-state index in [1.807, 2.05) is 6.92 Å². The van der Waals surface area contributed by atoms with Gasteiger partial charge >= 0.3 is 5.97 Å². The van der Waals surface area contributed by atoms with Crippen molar-refractivity contribution in [2.45, 2.75) is 6.92 Å². The average molecular weight is 273 g/mol. The Hall–Kier alpha value is -2.97. The van der Waals surface area contributed by atoms with E-state index in [1.165, 1.54) is 18.0 Å². The standard InChI is InChI=1S/C11H11N7O2/c1-6-14-15-10-9(13-3-4-17(6)10)18-5-7(12)8(16-18)11(19)20-2/h3-5H,12H2,1-2H3. The highest BCUT2D eigenvalue weighted by molar-refractivity contribution is 5.92. The summed E-state index contributed by atoms with van der Waals surface area (Å²) >= 11 is 0. The summed E-state index contributed by atoms with van der Waals surface area (Å²) in [6, 6.07) is 0. The van der Waals surface area contributed by atoms with Crippen molar-refractivity contribution in [3.63, 3.8) is 0 Å². The molecule has 0 aliphatic heterocycles. The summed E-state index contributed by atoms with van der Waals surface area (Å²) in [4.78, 5) is 15.7. The molecule has 3 aromatic heterocycles. The summed E-state index contributed by atoms with van der Waals surface area (Å²) in [5, 5.41) is 12.1. The third-order valence-electron chi connectivity index (χ3n) is 2.82. The lowest BCUT2D eigenvalue weighted by Crippen LogP contribution is -2.07. The largest absolute Gasteiger partial charge is 0.464 e. The van der Waals surface area contributed by atoms with Crippen LogP contribution in [-0.2, 0) is 4.74 Å². The molecule has 0 aromatic carbocycles. The second kappa shape index (κ2) is 4.30. The van der Waals surface area contributed by atoms with Crippen molar-refractivity contribution in [2.24, 2.45) is 0 Å². The molecular formula is C11H11N7O2. The number of ether oxygens (including phenoxy) is 1. The third-order valence-corrected chi connectivity index (χ3v) is 2.82. The van der Waals surface area contributed by atoms with E-state index >= 15 is 0 Å². The van der Waals surface area contributed by atoms with Gasteiger partial charge in [-0.3, -0.25) is 4.40 Å². The topological polar surface area (TPSA) is 113 Å². The van der Waals surface area contributed by atoms with Crippen LogP contribution in [-0.4, -0.2) is 42.4 Å². The highest BCUT2D eigenvalue weighted by atomic mass is 16.5. The van der Waals surface area contributed by atoms with Crippen LogP contribution in [0.15, 0.2) is 18.6 Å². The molecule has 3 rings (SSSR count). The molecule has 0 fully saturated rings. The fourth-order valence-corrected chi connectivity index (χ4v) is 1.84.